The summed E-state index contributed by atoms with van der Waals surface area (Å²) in [4.78, 5) is 0. The van der Waals surface area contributed by atoms with E-state index in [1.807, 2.05) is 223 Å². The Kier molecular flexibility index (Phi) is 58.8. The fourth-order valence-electron chi connectivity index (χ4n) is 20.2. The maximum absolute atomic E-state index is 7.05. The third-order valence-corrected chi connectivity index (χ3v) is 139. The molecular weight excluding hydrogens is 2420 g/mol. The van der Waals surface area contributed by atoms with Gasteiger partial charge in [-0.05, 0) is 418 Å². The summed E-state index contributed by atoms with van der Waals surface area (Å²) in [5.41, 5.74) is 0. The van der Waals surface area contributed by atoms with Gasteiger partial charge in [0.25, 0.3) is 0 Å². The Morgan fingerprint density at radius 1 is 0.116 bits per heavy atom. The number of ether oxygens (including phenoxy) is 8. The van der Waals surface area contributed by atoms with E-state index in [-0.39, 0.29) is 27.2 Å². The Balaban J connectivity index is 5.89. The first kappa shape index (κ1) is 151. The summed E-state index contributed by atoms with van der Waals surface area (Å²) in [7, 11) is -88.5. The van der Waals surface area contributed by atoms with Crippen molar-refractivity contribution in [3.8, 4) is 0 Å². The van der Waals surface area contributed by atoms with E-state index < -0.39 is 265 Å². The topological polar surface area (TPSA) is 351 Å². The van der Waals surface area contributed by atoms with Gasteiger partial charge in [0, 0.05) is 13.2 Å². The van der Waals surface area contributed by atoms with Crippen molar-refractivity contribution in [2.75, 3.05) is 66.8 Å². The summed E-state index contributed by atoms with van der Waals surface area (Å²) >= 11 is 0. The average Bonchev–Trinajstić information content (AvgIpc) is 0.783. The predicted molar refractivity (Wildman–Crippen MR) is 662 cm³/mol. The largest absolute Gasteiger partial charge is 0.476 e. The highest BCUT2D eigenvalue weighted by Gasteiger charge is 2.59. The molecule has 0 rings (SSSR count). The van der Waals surface area contributed by atoms with E-state index in [1.54, 1.807) is 0 Å². The Morgan fingerprint density at radius 2 is 0.211 bits per heavy atom. The summed E-state index contributed by atoms with van der Waals surface area (Å²) in [6, 6.07) is 1.60. The normalized spacial score (nSPS) is 15.6. The molecular formula is C78H216O38Si31. The second kappa shape index (κ2) is 57.1. The van der Waals surface area contributed by atoms with Crippen molar-refractivity contribution < 1.29 is 161 Å². The highest BCUT2D eigenvalue weighted by Crippen LogP contribution is 2.40. The molecule has 0 aromatic rings. The van der Waals surface area contributed by atoms with Crippen LogP contribution in [0, 0.1) is 0 Å². The fraction of sp³-hybridized carbons (Fsp3) is 0.949. The minimum atomic E-state index is -2.97. The van der Waals surface area contributed by atoms with E-state index in [4.69, 9.17) is 161 Å². The Labute approximate surface area is 928 Å². The van der Waals surface area contributed by atoms with Gasteiger partial charge in [0.2, 0.25) is 0 Å². The van der Waals surface area contributed by atoms with E-state index in [1.165, 1.54) is 12.5 Å². The van der Waals surface area contributed by atoms with Crippen LogP contribution in [0.15, 0.2) is 25.7 Å². The van der Waals surface area contributed by atoms with Gasteiger partial charge in [0.1, 0.15) is 0 Å². The first-order valence-electron chi connectivity index (χ1n) is 51.3. The third kappa shape index (κ3) is 74.8. The van der Waals surface area contributed by atoms with Crippen LogP contribution in [-0.4, -0.2) is 332 Å². The van der Waals surface area contributed by atoms with Gasteiger partial charge in [-0.15, -0.1) is 0 Å². The lowest BCUT2D eigenvalue weighted by atomic mass is 10.7. The first-order valence-corrected chi connectivity index (χ1v) is 139. The minimum Gasteiger partial charge on any atom is -0.476 e. The molecule has 0 bridgehead atoms. The molecule has 147 heavy (non-hydrogen) atoms. The molecule has 880 valence electrons. The van der Waals surface area contributed by atoms with Crippen molar-refractivity contribution in [1.29, 1.82) is 0 Å². The van der Waals surface area contributed by atoms with E-state index >= 15 is 0 Å². The molecule has 0 atom stereocenters. The van der Waals surface area contributed by atoms with Crippen LogP contribution in [-0.2, 0) is 161 Å². The van der Waals surface area contributed by atoms with Gasteiger partial charge in [-0.3, -0.25) is 0 Å². The third-order valence-electron chi connectivity index (χ3n) is 18.1. The van der Waals surface area contributed by atoms with Gasteiger partial charge in [-0.2, -0.15) is 0 Å². The molecule has 0 saturated carbocycles. The quantitative estimate of drug-likeness (QED) is 0.0236. The molecule has 0 saturated heterocycles. The first-order chi connectivity index (χ1) is 64.3. The molecule has 0 radical (unpaired) electrons. The molecule has 0 aliphatic rings. The van der Waals surface area contributed by atoms with Crippen molar-refractivity contribution in [3.63, 3.8) is 0 Å². The molecule has 0 amide bonds. The van der Waals surface area contributed by atoms with Crippen molar-refractivity contribution in [2.45, 2.75) is 418 Å². The molecule has 69 heteroatoms. The van der Waals surface area contributed by atoms with Gasteiger partial charge >= 0.3 is 248 Å². The van der Waals surface area contributed by atoms with E-state index in [0.717, 1.165) is 12.1 Å². The standard InChI is InChI=1S/C78H216O38Si31/c1-65-79-75-85-77-83-69-67-81-71-73-117(3,4)87-119(7,8)89-121(11,12)91-123(15,16)93-125(19,20)95-127(23,24)97-129(27,28)99-131(31,32)101-133(35,36)103-135(39,40)105-137(43,44)107-139(47,48)109-141(51,52)111-143(55,56)113-145(59,60)115-147(63,64)116-146(61,62)114-144(57,58)112-142(53,54)110-140(49,50)108-138(45,46)106-136(41,42)104-134(37,38)102-132(33,34)100-130(29,30)98-128(25,26)96-126(21,22)94-124(17,18)92-122(13,14)90-120(9,10)88-118(5,6)74-72-82-68-70-84-78-86-76-80-66-2/h65-66H,1-2,67-78H2,3-64H3. The van der Waals surface area contributed by atoms with Gasteiger partial charge in [-0.25, -0.2) is 0 Å². The molecule has 38 nitrogen and oxygen atoms in total. The Bertz CT molecular complexity index is 3560. The van der Waals surface area contributed by atoms with Crippen LogP contribution in [0.25, 0.3) is 0 Å². The smallest absolute Gasteiger partial charge is 0.314 e. The van der Waals surface area contributed by atoms with E-state index in [0.29, 0.717) is 39.6 Å². The maximum atomic E-state index is 7.05. The summed E-state index contributed by atoms with van der Waals surface area (Å²) in [5.74, 6) is 0. The fourth-order valence-corrected chi connectivity index (χ4v) is 181. The zero-order valence-electron chi connectivity index (χ0n) is 104. The zero-order valence-corrected chi connectivity index (χ0v) is 135. The molecule has 0 unspecified atom stereocenters. The van der Waals surface area contributed by atoms with Gasteiger partial charge in [0.05, 0.1) is 39.0 Å². The predicted octanol–water partition coefficient (Wildman–Crippen LogP) is 24.5. The summed E-state index contributed by atoms with van der Waals surface area (Å²) in [6.45, 7) is 138. The molecule has 0 fully saturated rings. The SMILES string of the molecule is C=COCOCOCCOCC[Si](C)(C)O[Si](C)(C)O[Si](C)(C)O[Si](C)(C)O[Si](C)(C)O[Si](C)(C)O[Si](C)(C)O[Si](C)(C)O[Si](C)(C)O[Si](C)(C)O[Si](C)(C)O[Si](C)(C)O[Si](C)(C)O[Si](C)(C)O[Si](C)(C)O[Si](C)(C)O[Si](C)(C)O[Si](C)(C)O[Si](C)(C)O[Si](C)(C)O[Si](C)(C)O[Si](C)(C)O[Si](C)(C)O[Si](C)(C)O[Si](C)(C)O[Si](C)(C)O[Si](C)(C)O[Si](C)(C)O[Si](C)(C)O[Si](C)(C)O[Si](C)(C)CCOCCOCOCOC=C. The minimum absolute atomic E-state index is 0.0938. The van der Waals surface area contributed by atoms with Crippen LogP contribution >= 0.6 is 0 Å². The van der Waals surface area contributed by atoms with Gasteiger partial charge < -0.3 is 161 Å². The summed E-state index contributed by atoms with van der Waals surface area (Å²) in [6.07, 6.45) is 2.64. The number of hydrogen-bond donors (Lipinski definition) is 0. The maximum Gasteiger partial charge on any atom is 0.314 e. The number of hydrogen-bond acceptors (Lipinski definition) is 38. The lowest BCUT2D eigenvalue weighted by Gasteiger charge is -2.45. The van der Waals surface area contributed by atoms with Crippen molar-refractivity contribution in [3.05, 3.63) is 25.7 Å². The highest BCUT2D eigenvalue weighted by atomic mass is 28.6. The lowest BCUT2D eigenvalue weighted by Crippen LogP contribution is -2.63. The zero-order chi connectivity index (χ0) is 116. The summed E-state index contributed by atoms with van der Waals surface area (Å²) < 4.78 is 253. The van der Waals surface area contributed by atoms with Gasteiger partial charge in [0.15, 0.2) is 43.8 Å². The molecule has 0 aliphatic heterocycles. The number of rotatable bonds is 82. The van der Waals surface area contributed by atoms with Crippen LogP contribution in [0.1, 0.15) is 0 Å². The summed E-state index contributed by atoms with van der Waals surface area (Å²) in [5, 5.41) is 0. The molecule has 0 aromatic carbocycles. The van der Waals surface area contributed by atoms with Crippen molar-refractivity contribution in [1.82, 2.24) is 0 Å². The molecule has 0 aliphatic carbocycles. The van der Waals surface area contributed by atoms with Gasteiger partial charge in [-0.1, -0.05) is 13.2 Å². The van der Waals surface area contributed by atoms with Crippen LogP contribution in [0.5, 0.6) is 0 Å². The van der Waals surface area contributed by atoms with E-state index in [2.05, 4.69) is 196 Å². The molecule has 0 aromatic heterocycles. The second-order valence-corrected chi connectivity index (χ2v) is 165. The second-order valence-electron chi connectivity index (χ2n) is 51.3. The molecule has 0 spiro atoms. The monoisotopic (exact) mass is 2630 g/mol. The molecule has 0 N–H and O–H groups in total. The highest BCUT2D eigenvalue weighted by molar-refractivity contribution is 6.99. The Morgan fingerprint density at radius 3 is 0.313 bits per heavy atom. The lowest BCUT2D eigenvalue weighted by molar-refractivity contribution is -0.118. The van der Waals surface area contributed by atoms with Crippen LogP contribution < -0.4 is 0 Å². The van der Waals surface area contributed by atoms with E-state index in [9.17, 15) is 0 Å². The van der Waals surface area contributed by atoms with Crippen LogP contribution in [0.4, 0.5) is 0 Å². The van der Waals surface area contributed by atoms with Crippen molar-refractivity contribution >= 4 is 265 Å². The Hall–Kier alpha value is 4.36. The van der Waals surface area contributed by atoms with Crippen LogP contribution in [0.2, 0.25) is 418 Å². The molecule has 0 heterocycles. The van der Waals surface area contributed by atoms with Crippen LogP contribution in [0.3, 0.4) is 0 Å². The average molecular weight is 2630 g/mol. The van der Waals surface area contributed by atoms with Crippen molar-refractivity contribution in [2.24, 2.45) is 0 Å².